The van der Waals surface area contributed by atoms with Gasteiger partial charge >= 0.3 is 0 Å². The molecule has 2 aliphatic heterocycles. The van der Waals surface area contributed by atoms with Gasteiger partial charge in [-0.2, -0.15) is 0 Å². The minimum atomic E-state index is -1.44. The maximum absolute atomic E-state index is 14.9. The molecule has 0 bridgehead atoms. The van der Waals surface area contributed by atoms with Crippen LogP contribution in [0, 0.1) is 17.0 Å². The largest absolute Gasteiger partial charge is 0.394 e. The molecule has 1 spiro atoms. The zero-order valence-corrected chi connectivity index (χ0v) is 24.7. The second-order valence-electron chi connectivity index (χ2n) is 11.5. The summed E-state index contributed by atoms with van der Waals surface area (Å²) in [6.07, 6.45) is 0.261. The first-order valence-corrected chi connectivity index (χ1v) is 13.6. The molecule has 5 atom stereocenters. The number of fused-ring (bicyclic) bond motifs is 2. The third-order valence-corrected chi connectivity index (χ3v) is 8.09. The van der Waals surface area contributed by atoms with Crippen LogP contribution in [0.3, 0.4) is 0 Å². The van der Waals surface area contributed by atoms with E-state index in [1.807, 2.05) is 20.8 Å². The lowest BCUT2D eigenvalue weighted by Crippen LogP contribution is -2.49. The molecule has 2 amide bonds. The van der Waals surface area contributed by atoms with Crippen molar-refractivity contribution in [2.24, 2.45) is 5.41 Å². The number of hydrogen-bond acceptors (Lipinski definition) is 5. The number of anilines is 1. The molecule has 0 saturated carbocycles. The molecular formula is C28H34Cl3F2N3O4. The summed E-state index contributed by atoms with van der Waals surface area (Å²) in [5.41, 5.74) is -0.577. The highest BCUT2D eigenvalue weighted by molar-refractivity contribution is 6.31. The number of aliphatic hydroxyl groups is 2. The van der Waals surface area contributed by atoms with Crippen molar-refractivity contribution < 1.29 is 28.6 Å². The number of nitrogens with one attached hydrogen (secondary N) is 3. The molecule has 220 valence electrons. The van der Waals surface area contributed by atoms with Crippen molar-refractivity contribution in [2.75, 3.05) is 18.5 Å². The van der Waals surface area contributed by atoms with Crippen molar-refractivity contribution in [3.63, 3.8) is 0 Å². The van der Waals surface area contributed by atoms with E-state index in [1.165, 1.54) is 30.3 Å². The van der Waals surface area contributed by atoms with E-state index < -0.39 is 53.0 Å². The molecule has 40 heavy (non-hydrogen) atoms. The molecule has 2 aromatic carbocycles. The van der Waals surface area contributed by atoms with Gasteiger partial charge in [0, 0.05) is 24.2 Å². The van der Waals surface area contributed by atoms with Gasteiger partial charge in [0.25, 0.3) is 0 Å². The lowest BCUT2D eigenvalue weighted by Gasteiger charge is -2.37. The second kappa shape index (κ2) is 12.5. The van der Waals surface area contributed by atoms with Crippen LogP contribution in [0.1, 0.15) is 57.1 Å². The maximum atomic E-state index is 14.9. The predicted octanol–water partition coefficient (Wildman–Crippen LogP) is 4.69. The highest BCUT2D eigenvalue weighted by atomic mass is 35.5. The fourth-order valence-corrected chi connectivity index (χ4v) is 6.24. The van der Waals surface area contributed by atoms with Crippen molar-refractivity contribution in [1.29, 1.82) is 0 Å². The third kappa shape index (κ3) is 6.10. The topological polar surface area (TPSA) is 111 Å². The molecule has 5 N–H and O–H groups in total. The van der Waals surface area contributed by atoms with Gasteiger partial charge in [0.1, 0.15) is 17.0 Å². The molecule has 2 heterocycles. The predicted molar refractivity (Wildman–Crippen MR) is 153 cm³/mol. The molecule has 0 aromatic heterocycles. The fraction of sp³-hybridized carbons (Fsp3) is 0.500. The Balaban J connectivity index is 0.00000441. The number of hydrogen-bond donors (Lipinski definition) is 5. The van der Waals surface area contributed by atoms with E-state index in [1.54, 1.807) is 0 Å². The summed E-state index contributed by atoms with van der Waals surface area (Å²) in [7, 11) is 0. The number of aliphatic hydroxyl groups excluding tert-OH is 2. The van der Waals surface area contributed by atoms with Gasteiger partial charge < -0.3 is 26.2 Å². The van der Waals surface area contributed by atoms with Crippen LogP contribution in [0.5, 0.6) is 0 Å². The molecule has 0 aliphatic carbocycles. The number of carbonyl (C=O) groups is 2. The monoisotopic (exact) mass is 619 g/mol. The average Bonchev–Trinajstić information content (AvgIpc) is 3.33. The summed E-state index contributed by atoms with van der Waals surface area (Å²) in [6, 6.07) is 5.11. The van der Waals surface area contributed by atoms with Gasteiger partial charge in [-0.25, -0.2) is 8.78 Å². The summed E-state index contributed by atoms with van der Waals surface area (Å²) in [5, 5.41) is 27.4. The van der Waals surface area contributed by atoms with E-state index in [4.69, 9.17) is 28.3 Å². The molecule has 2 aromatic rings. The Morgan fingerprint density at radius 2 is 1.82 bits per heavy atom. The van der Waals surface area contributed by atoms with Crippen LogP contribution in [0.4, 0.5) is 14.5 Å². The smallest absolute Gasteiger partial charge is 0.237 e. The number of halogens is 5. The normalized spacial score (nSPS) is 24.4. The van der Waals surface area contributed by atoms with Crippen molar-refractivity contribution in [2.45, 2.75) is 69.6 Å². The maximum Gasteiger partial charge on any atom is 0.237 e. The minimum absolute atomic E-state index is 0. The minimum Gasteiger partial charge on any atom is -0.394 e. The zero-order valence-electron chi connectivity index (χ0n) is 22.4. The molecule has 1 fully saturated rings. The number of benzene rings is 2. The quantitative estimate of drug-likeness (QED) is 0.275. The van der Waals surface area contributed by atoms with E-state index >= 15 is 0 Å². The van der Waals surface area contributed by atoms with Crippen LogP contribution in [0.25, 0.3) is 0 Å². The van der Waals surface area contributed by atoms with Gasteiger partial charge in [-0.3, -0.25) is 9.59 Å². The summed E-state index contributed by atoms with van der Waals surface area (Å²) < 4.78 is 29.1. The summed E-state index contributed by atoms with van der Waals surface area (Å²) in [5.74, 6) is -3.07. The van der Waals surface area contributed by atoms with Gasteiger partial charge in [-0.05, 0) is 60.1 Å². The number of carbonyl (C=O) groups excluding carboxylic acids is 2. The standard InChI is InChI=1S/C28H33Cl2F2N3O4.ClH/c1-27(2,3)12-22-28(16-10-20(32)18(30)11-21(16)34-26(28)39)23(14-6-7-19(31)17(29)9-14)24(35-22)25(38)33-8-4-5-15(37)13-36;/h6-7,9-11,15,22-24,35-37H,4-5,8,12-13H2,1-3H3,(H,33,38)(H,34,39);1H/t15-,22+,23-,24+,28-;/m0./s1. The van der Waals surface area contributed by atoms with Gasteiger partial charge in [0.15, 0.2) is 0 Å². The molecule has 7 nitrogen and oxygen atoms in total. The first-order valence-electron chi connectivity index (χ1n) is 12.9. The molecule has 0 unspecified atom stereocenters. The lowest BCUT2D eigenvalue weighted by atomic mass is 9.62. The van der Waals surface area contributed by atoms with Crippen LogP contribution in [0.2, 0.25) is 10.0 Å². The molecule has 0 radical (unpaired) electrons. The van der Waals surface area contributed by atoms with Gasteiger partial charge in [0.2, 0.25) is 11.8 Å². The van der Waals surface area contributed by atoms with Gasteiger partial charge in [-0.1, -0.05) is 50.0 Å². The van der Waals surface area contributed by atoms with Gasteiger partial charge in [0.05, 0.1) is 28.8 Å². The van der Waals surface area contributed by atoms with Crippen LogP contribution < -0.4 is 16.0 Å². The molecule has 12 heteroatoms. The first-order chi connectivity index (χ1) is 18.3. The summed E-state index contributed by atoms with van der Waals surface area (Å²) >= 11 is 12.2. The Hall–Kier alpha value is -2.01. The van der Waals surface area contributed by atoms with Gasteiger partial charge in [-0.15, -0.1) is 12.4 Å². The third-order valence-electron chi connectivity index (χ3n) is 7.51. The summed E-state index contributed by atoms with van der Waals surface area (Å²) in [6.45, 7) is 5.85. The van der Waals surface area contributed by atoms with E-state index in [9.17, 15) is 23.5 Å². The second-order valence-corrected chi connectivity index (χ2v) is 12.3. The van der Waals surface area contributed by atoms with E-state index in [0.717, 1.165) is 0 Å². The molecule has 4 rings (SSSR count). The Kier molecular flexibility index (Phi) is 10.1. The average molecular weight is 621 g/mol. The van der Waals surface area contributed by atoms with Crippen LogP contribution in [0.15, 0.2) is 30.3 Å². The van der Waals surface area contributed by atoms with Crippen LogP contribution in [-0.2, 0) is 15.0 Å². The van der Waals surface area contributed by atoms with Crippen molar-refractivity contribution in [3.8, 4) is 0 Å². The molecule has 1 saturated heterocycles. The SMILES string of the molecule is CC(C)(C)C[C@H]1N[C@@H](C(=O)NCCC[C@H](O)CO)[C@H](c2ccc(F)c(Cl)c2)[C@@]12C(=O)Nc1cc(Cl)c(F)cc12.Cl. The Morgan fingerprint density at radius 3 is 2.45 bits per heavy atom. The fourth-order valence-electron chi connectivity index (χ4n) is 5.89. The van der Waals surface area contributed by atoms with Crippen molar-refractivity contribution >= 4 is 53.1 Å². The zero-order chi connectivity index (χ0) is 28.7. The Labute approximate surface area is 248 Å². The van der Waals surface area contributed by atoms with Crippen LogP contribution >= 0.6 is 35.6 Å². The van der Waals surface area contributed by atoms with Crippen molar-refractivity contribution in [3.05, 3.63) is 63.1 Å². The van der Waals surface area contributed by atoms with Crippen LogP contribution in [-0.4, -0.2) is 53.4 Å². The Morgan fingerprint density at radius 1 is 1.15 bits per heavy atom. The van der Waals surface area contributed by atoms with E-state index in [2.05, 4.69) is 16.0 Å². The summed E-state index contributed by atoms with van der Waals surface area (Å²) in [4.78, 5) is 27.7. The van der Waals surface area contributed by atoms with E-state index in [-0.39, 0.29) is 47.4 Å². The van der Waals surface area contributed by atoms with Crippen molar-refractivity contribution in [1.82, 2.24) is 10.6 Å². The number of rotatable bonds is 8. The molecule has 2 aliphatic rings. The highest BCUT2D eigenvalue weighted by Gasteiger charge is 2.65. The molecular weight excluding hydrogens is 587 g/mol. The van der Waals surface area contributed by atoms with E-state index in [0.29, 0.717) is 29.7 Å². The Bertz CT molecular complexity index is 1280. The first kappa shape index (κ1) is 32.5. The lowest BCUT2D eigenvalue weighted by molar-refractivity contribution is -0.123. The highest BCUT2D eigenvalue weighted by Crippen LogP contribution is 2.57. The number of amides is 2.